The summed E-state index contributed by atoms with van der Waals surface area (Å²) in [5.41, 5.74) is -0.192. The van der Waals surface area contributed by atoms with Gasteiger partial charge in [0.05, 0.1) is 47.9 Å². The number of fused-ring (bicyclic) bond motifs is 1. The van der Waals surface area contributed by atoms with Crippen molar-refractivity contribution < 1.29 is 29.0 Å². The van der Waals surface area contributed by atoms with E-state index in [4.69, 9.17) is 21.1 Å². The summed E-state index contributed by atoms with van der Waals surface area (Å²) >= 11 is 10.2. The number of carbonyl (C=O) groups is 3. The zero-order valence-corrected chi connectivity index (χ0v) is 23.8. The standard InChI is InChI=1S/C29H30BrClN2O6/c1-3-14-32(20-13-9-8-12-19(20)31)27(36)25-29-15-18(30)24(39-29)22(28(37)38-4-2)23(29)26(35)33(25)21(16-34)17-10-6-5-7-11-17/h3,5-13,18,21-25,34H,1,4,14-16H2,2H3/t18?,21-,22+,23-,24+,25+,29-/m1/s1. The Morgan fingerprint density at radius 3 is 2.62 bits per heavy atom. The number of amides is 2. The number of aliphatic hydroxyl groups excluding tert-OH is 1. The second-order valence-electron chi connectivity index (χ2n) is 9.96. The van der Waals surface area contributed by atoms with Gasteiger partial charge in [-0.25, -0.2) is 0 Å². The number of ether oxygens (including phenoxy) is 2. The van der Waals surface area contributed by atoms with Crippen LogP contribution in [0.4, 0.5) is 5.69 Å². The van der Waals surface area contributed by atoms with Crippen molar-refractivity contribution in [2.45, 2.75) is 42.0 Å². The van der Waals surface area contributed by atoms with Crippen molar-refractivity contribution in [3.63, 3.8) is 0 Å². The Kier molecular flexibility index (Phi) is 7.88. The minimum atomic E-state index is -1.31. The lowest BCUT2D eigenvalue weighted by Gasteiger charge is -2.39. The number of halogens is 2. The topological polar surface area (TPSA) is 96.4 Å². The quantitative estimate of drug-likeness (QED) is 0.261. The van der Waals surface area contributed by atoms with Gasteiger partial charge >= 0.3 is 5.97 Å². The maximum absolute atomic E-state index is 14.7. The van der Waals surface area contributed by atoms with Crippen LogP contribution in [-0.4, -0.2) is 70.1 Å². The third-order valence-corrected chi connectivity index (χ3v) is 9.10. The van der Waals surface area contributed by atoms with Gasteiger partial charge in [0.25, 0.3) is 5.91 Å². The van der Waals surface area contributed by atoms with E-state index in [1.54, 1.807) is 61.5 Å². The molecule has 8 nitrogen and oxygen atoms in total. The van der Waals surface area contributed by atoms with E-state index in [-0.39, 0.29) is 18.0 Å². The first-order valence-corrected chi connectivity index (χ1v) is 14.2. The molecule has 1 spiro atoms. The largest absolute Gasteiger partial charge is 0.466 e. The number of benzene rings is 2. The zero-order chi connectivity index (χ0) is 27.9. The van der Waals surface area contributed by atoms with Crippen LogP contribution in [0.2, 0.25) is 5.02 Å². The Hall–Kier alpha value is -2.72. The molecule has 39 heavy (non-hydrogen) atoms. The molecule has 1 N–H and O–H groups in total. The number of nitrogens with zero attached hydrogens (tertiary/aromatic N) is 2. The lowest BCUT2D eigenvalue weighted by Crippen LogP contribution is -2.57. The van der Waals surface area contributed by atoms with E-state index in [1.165, 1.54) is 9.80 Å². The molecular weight excluding hydrogens is 588 g/mol. The number of hydrogen-bond donors (Lipinski definition) is 1. The SMILES string of the molecule is C=CCN(C(=O)[C@@H]1N([C@H](CO)c2ccccc2)C(=O)[C@H]2[C@H](C(=O)OCC)[C@H]3O[C@@]12CC3Br)c1ccccc1Cl. The van der Waals surface area contributed by atoms with Gasteiger partial charge in [-0.15, -0.1) is 6.58 Å². The molecule has 2 aromatic rings. The van der Waals surface area contributed by atoms with E-state index in [9.17, 15) is 19.5 Å². The van der Waals surface area contributed by atoms with E-state index in [2.05, 4.69) is 22.5 Å². The van der Waals surface area contributed by atoms with Crippen LogP contribution < -0.4 is 4.90 Å². The fourth-order valence-corrected chi connectivity index (χ4v) is 7.65. The Morgan fingerprint density at radius 1 is 1.28 bits per heavy atom. The molecule has 2 bridgehead atoms. The summed E-state index contributed by atoms with van der Waals surface area (Å²) in [6.07, 6.45) is 1.28. The Labute approximate surface area is 240 Å². The van der Waals surface area contributed by atoms with Gasteiger partial charge in [0.2, 0.25) is 5.91 Å². The Morgan fingerprint density at radius 2 is 1.97 bits per heavy atom. The van der Waals surface area contributed by atoms with Crippen molar-refractivity contribution in [2.75, 3.05) is 24.7 Å². The number of alkyl halides is 1. The van der Waals surface area contributed by atoms with Crippen LogP contribution in [0.25, 0.3) is 0 Å². The monoisotopic (exact) mass is 616 g/mol. The van der Waals surface area contributed by atoms with Gasteiger partial charge in [0.15, 0.2) is 0 Å². The molecule has 0 saturated carbocycles. The fourth-order valence-electron chi connectivity index (χ4n) is 6.47. The van der Waals surface area contributed by atoms with Crippen LogP contribution >= 0.6 is 27.5 Å². The predicted molar refractivity (Wildman–Crippen MR) is 149 cm³/mol. The van der Waals surface area contributed by atoms with Gasteiger partial charge in [-0.2, -0.15) is 0 Å². The average Bonchev–Trinajstić information content (AvgIpc) is 3.52. The van der Waals surface area contributed by atoms with Gasteiger partial charge in [-0.3, -0.25) is 14.4 Å². The van der Waals surface area contributed by atoms with Crippen molar-refractivity contribution >= 4 is 51.0 Å². The molecule has 0 radical (unpaired) electrons. The van der Waals surface area contributed by atoms with Crippen molar-refractivity contribution in [2.24, 2.45) is 11.8 Å². The van der Waals surface area contributed by atoms with Gasteiger partial charge in [0.1, 0.15) is 11.6 Å². The van der Waals surface area contributed by atoms with Crippen LogP contribution in [0.15, 0.2) is 67.3 Å². The van der Waals surface area contributed by atoms with E-state index in [0.717, 1.165) is 0 Å². The minimum Gasteiger partial charge on any atom is -0.466 e. The van der Waals surface area contributed by atoms with Crippen LogP contribution in [0.5, 0.6) is 0 Å². The molecule has 2 amide bonds. The number of hydrogen-bond acceptors (Lipinski definition) is 6. The first-order valence-electron chi connectivity index (χ1n) is 12.9. The van der Waals surface area contributed by atoms with E-state index >= 15 is 0 Å². The van der Waals surface area contributed by atoms with Crippen LogP contribution in [0, 0.1) is 11.8 Å². The van der Waals surface area contributed by atoms with Crippen molar-refractivity contribution in [3.05, 3.63) is 77.8 Å². The summed E-state index contributed by atoms with van der Waals surface area (Å²) in [5.74, 6) is -3.22. The summed E-state index contributed by atoms with van der Waals surface area (Å²) in [5, 5.41) is 11.0. The lowest BCUT2D eigenvalue weighted by molar-refractivity contribution is -0.155. The Bertz CT molecular complexity index is 1280. The molecule has 7 atom stereocenters. The second kappa shape index (κ2) is 11.0. The molecule has 10 heteroatoms. The average molecular weight is 618 g/mol. The van der Waals surface area contributed by atoms with Crippen LogP contribution in [-0.2, 0) is 23.9 Å². The summed E-state index contributed by atoms with van der Waals surface area (Å²) in [7, 11) is 0. The molecule has 0 aromatic heterocycles. The number of carbonyl (C=O) groups excluding carboxylic acids is 3. The number of likely N-dealkylation sites (tertiary alicyclic amines) is 1. The molecule has 5 rings (SSSR count). The molecule has 3 heterocycles. The number of rotatable bonds is 9. The molecular formula is C29H30BrClN2O6. The third kappa shape index (κ3) is 4.40. The highest BCUT2D eigenvalue weighted by atomic mass is 79.9. The molecule has 3 aliphatic heterocycles. The van der Waals surface area contributed by atoms with Crippen molar-refractivity contribution in [1.82, 2.24) is 4.90 Å². The second-order valence-corrected chi connectivity index (χ2v) is 11.5. The maximum atomic E-state index is 14.7. The highest BCUT2D eigenvalue weighted by Crippen LogP contribution is 2.61. The summed E-state index contributed by atoms with van der Waals surface area (Å²) in [6.45, 7) is 5.37. The first-order chi connectivity index (χ1) is 18.8. The summed E-state index contributed by atoms with van der Waals surface area (Å²) < 4.78 is 11.9. The van der Waals surface area contributed by atoms with E-state index < -0.39 is 60.0 Å². The molecule has 206 valence electrons. The number of aliphatic hydroxyl groups is 1. The van der Waals surface area contributed by atoms with Crippen molar-refractivity contribution in [1.29, 1.82) is 0 Å². The minimum absolute atomic E-state index is 0.124. The molecule has 2 aromatic carbocycles. The van der Waals surface area contributed by atoms with E-state index in [0.29, 0.717) is 22.7 Å². The third-order valence-electron chi connectivity index (χ3n) is 7.93. The van der Waals surface area contributed by atoms with Gasteiger partial charge in [-0.1, -0.05) is 76.1 Å². The molecule has 0 aliphatic carbocycles. The van der Waals surface area contributed by atoms with Gasteiger partial charge in [-0.05, 0) is 31.0 Å². The summed E-state index contributed by atoms with van der Waals surface area (Å²) in [6, 6.07) is 14.0. The smallest absolute Gasteiger partial charge is 0.312 e. The van der Waals surface area contributed by atoms with Crippen LogP contribution in [0.3, 0.4) is 0 Å². The van der Waals surface area contributed by atoms with Gasteiger partial charge < -0.3 is 24.4 Å². The number of esters is 1. The lowest BCUT2D eigenvalue weighted by atomic mass is 9.70. The number of anilines is 1. The van der Waals surface area contributed by atoms with Crippen molar-refractivity contribution in [3.8, 4) is 0 Å². The number of para-hydroxylation sites is 1. The van der Waals surface area contributed by atoms with E-state index in [1.807, 2.05) is 6.07 Å². The highest BCUT2D eigenvalue weighted by molar-refractivity contribution is 9.09. The van der Waals surface area contributed by atoms with Crippen LogP contribution in [0.1, 0.15) is 24.9 Å². The molecule has 3 fully saturated rings. The zero-order valence-electron chi connectivity index (χ0n) is 21.4. The van der Waals surface area contributed by atoms with Gasteiger partial charge in [0, 0.05) is 11.4 Å². The molecule has 3 saturated heterocycles. The fraction of sp³-hybridized carbons (Fsp3) is 0.414. The maximum Gasteiger partial charge on any atom is 0.312 e. The molecule has 3 aliphatic rings. The first kappa shape index (κ1) is 27.8. The normalized spacial score (nSPS) is 29.7. The molecule has 1 unspecified atom stereocenters. The predicted octanol–water partition coefficient (Wildman–Crippen LogP) is 3.90. The Balaban J connectivity index is 1.68. The highest BCUT2D eigenvalue weighted by Gasteiger charge is 2.77. The summed E-state index contributed by atoms with van der Waals surface area (Å²) in [4.78, 5) is 44.8.